The number of unbranched alkanes of at least 4 members (excludes halogenated alkanes) is 1. The average molecular weight is 603 g/mol. The minimum Gasteiger partial charge on any atom is -0.354 e. The molecule has 8 nitrogen and oxygen atoms in total. The molecule has 0 aliphatic heterocycles. The number of amides is 2. The van der Waals surface area contributed by atoms with Crippen LogP contribution in [-0.2, 0) is 32.8 Å². The van der Waals surface area contributed by atoms with Gasteiger partial charge in [-0.2, -0.15) is 12.7 Å². The zero-order valence-corrected chi connectivity index (χ0v) is 25.0. The summed E-state index contributed by atoms with van der Waals surface area (Å²) in [5.74, 6) is -1.50. The van der Waals surface area contributed by atoms with E-state index in [1.165, 1.54) is 31.1 Å². The highest BCUT2D eigenvalue weighted by atomic mass is 35.5. The molecule has 0 spiro atoms. The average Bonchev–Trinajstić information content (AvgIpc) is 2.94. The van der Waals surface area contributed by atoms with Gasteiger partial charge in [0.15, 0.2) is 0 Å². The van der Waals surface area contributed by atoms with Crippen molar-refractivity contribution in [2.75, 3.05) is 31.5 Å². The van der Waals surface area contributed by atoms with E-state index in [1.54, 1.807) is 24.3 Å². The Balaban J connectivity index is 2.07. The maximum atomic E-state index is 14.1. The fourth-order valence-electron chi connectivity index (χ4n) is 4.22. The van der Waals surface area contributed by atoms with Gasteiger partial charge in [0.2, 0.25) is 11.8 Å². The lowest BCUT2D eigenvalue weighted by Crippen LogP contribution is -2.54. The largest absolute Gasteiger partial charge is 0.354 e. The highest BCUT2D eigenvalue weighted by Gasteiger charge is 2.34. The van der Waals surface area contributed by atoms with Crippen LogP contribution in [0.15, 0.2) is 78.9 Å². The van der Waals surface area contributed by atoms with Crippen molar-refractivity contribution >= 4 is 39.3 Å². The first-order valence-electron chi connectivity index (χ1n) is 13.3. The molecule has 0 heterocycles. The number of nitrogens with zero attached hydrogens (tertiary/aromatic N) is 3. The van der Waals surface area contributed by atoms with E-state index in [2.05, 4.69) is 5.32 Å². The minimum absolute atomic E-state index is 0.0113. The van der Waals surface area contributed by atoms with E-state index in [0.29, 0.717) is 17.1 Å². The van der Waals surface area contributed by atoms with E-state index in [4.69, 9.17) is 11.6 Å². The van der Waals surface area contributed by atoms with Crippen LogP contribution < -0.4 is 9.62 Å². The fourth-order valence-corrected chi connectivity index (χ4v) is 5.49. The molecule has 0 aliphatic carbocycles. The number of nitrogens with one attached hydrogen (secondary N) is 1. The summed E-state index contributed by atoms with van der Waals surface area (Å²) in [7, 11) is -1.47. The summed E-state index contributed by atoms with van der Waals surface area (Å²) in [6, 6.07) is 20.1. The van der Waals surface area contributed by atoms with Crippen LogP contribution in [0.5, 0.6) is 0 Å². The number of halogens is 2. The number of carbonyl (C=O) groups is 2. The molecular formula is C30H36ClFN4O4S. The van der Waals surface area contributed by atoms with E-state index in [9.17, 15) is 22.4 Å². The molecule has 0 fully saturated rings. The van der Waals surface area contributed by atoms with Crippen LogP contribution in [0, 0.1) is 5.82 Å². The smallest absolute Gasteiger partial charge is 0.304 e. The van der Waals surface area contributed by atoms with Crippen molar-refractivity contribution in [1.29, 1.82) is 0 Å². The molecule has 1 unspecified atom stereocenters. The molecule has 3 aromatic carbocycles. The molecule has 1 N–H and O–H groups in total. The van der Waals surface area contributed by atoms with Crippen molar-refractivity contribution in [1.82, 2.24) is 14.5 Å². The third kappa shape index (κ3) is 9.01. The summed E-state index contributed by atoms with van der Waals surface area (Å²) in [6.45, 7) is 1.85. The zero-order chi connectivity index (χ0) is 30.0. The SMILES string of the molecule is CCCCNC(=O)C(Cc1ccccc1)N(Cc1cccc(Cl)c1)C(=O)CN(c1ccc(F)cc1)S(=O)(=O)N(C)C. The molecule has 0 aromatic heterocycles. The van der Waals surface area contributed by atoms with E-state index in [-0.39, 0.29) is 24.6 Å². The Morgan fingerprint density at radius 3 is 2.22 bits per heavy atom. The summed E-state index contributed by atoms with van der Waals surface area (Å²) < 4.78 is 42.3. The number of benzene rings is 3. The van der Waals surface area contributed by atoms with Crippen LogP contribution in [-0.4, -0.2) is 62.7 Å². The molecule has 0 radical (unpaired) electrons. The molecule has 41 heavy (non-hydrogen) atoms. The standard InChI is InChI=1S/C30H36ClFN4O4S/c1-4-5-18-33-30(38)28(20-23-10-7-6-8-11-23)35(21-24-12-9-13-25(31)19-24)29(37)22-36(41(39,40)34(2)3)27-16-14-26(32)15-17-27/h6-17,19,28H,4-5,18,20-22H2,1-3H3,(H,33,38). The molecule has 0 aliphatic rings. The minimum atomic E-state index is -4.16. The molecule has 2 amide bonds. The Labute approximate surface area is 246 Å². The van der Waals surface area contributed by atoms with Crippen LogP contribution >= 0.6 is 11.6 Å². The molecular weight excluding hydrogens is 567 g/mol. The second kappa shape index (κ2) is 15.0. The first-order valence-corrected chi connectivity index (χ1v) is 15.1. The molecule has 0 bridgehead atoms. The molecule has 1 atom stereocenters. The van der Waals surface area contributed by atoms with Gasteiger partial charge in [0.25, 0.3) is 0 Å². The monoisotopic (exact) mass is 602 g/mol. The molecule has 11 heteroatoms. The van der Waals surface area contributed by atoms with Crippen LogP contribution in [0.1, 0.15) is 30.9 Å². The van der Waals surface area contributed by atoms with Crippen LogP contribution in [0.4, 0.5) is 10.1 Å². The first kappa shape index (κ1) is 32.0. The van der Waals surface area contributed by atoms with Gasteiger partial charge in [0.1, 0.15) is 18.4 Å². The van der Waals surface area contributed by atoms with E-state index >= 15 is 0 Å². The first-order chi connectivity index (χ1) is 19.5. The van der Waals surface area contributed by atoms with Gasteiger partial charge in [0, 0.05) is 38.6 Å². The molecule has 3 rings (SSSR count). The lowest BCUT2D eigenvalue weighted by atomic mass is 10.0. The fraction of sp³-hybridized carbons (Fsp3) is 0.333. The van der Waals surface area contributed by atoms with Gasteiger partial charge < -0.3 is 10.2 Å². The van der Waals surface area contributed by atoms with E-state index < -0.39 is 34.5 Å². The lowest BCUT2D eigenvalue weighted by Gasteiger charge is -2.34. The topological polar surface area (TPSA) is 90.0 Å². The highest BCUT2D eigenvalue weighted by Crippen LogP contribution is 2.23. The Morgan fingerprint density at radius 2 is 1.61 bits per heavy atom. The van der Waals surface area contributed by atoms with Gasteiger partial charge in [-0.1, -0.05) is 67.4 Å². The zero-order valence-electron chi connectivity index (χ0n) is 23.5. The normalized spacial score (nSPS) is 12.1. The molecule has 3 aromatic rings. The number of carbonyl (C=O) groups excluding carboxylic acids is 2. The summed E-state index contributed by atoms with van der Waals surface area (Å²) in [4.78, 5) is 29.1. The van der Waals surface area contributed by atoms with Crippen LogP contribution in [0.3, 0.4) is 0 Å². The lowest BCUT2D eigenvalue weighted by molar-refractivity contribution is -0.140. The molecule has 220 valence electrons. The third-order valence-electron chi connectivity index (χ3n) is 6.48. The van der Waals surface area contributed by atoms with Gasteiger partial charge in [-0.25, -0.2) is 8.70 Å². The quantitative estimate of drug-likeness (QED) is 0.272. The number of hydrogen-bond donors (Lipinski definition) is 1. The van der Waals surface area contributed by atoms with Gasteiger partial charge in [-0.15, -0.1) is 0 Å². The number of hydrogen-bond acceptors (Lipinski definition) is 4. The maximum absolute atomic E-state index is 14.1. The predicted octanol–water partition coefficient (Wildman–Crippen LogP) is 4.65. The Kier molecular flexibility index (Phi) is 11.7. The van der Waals surface area contributed by atoms with E-state index in [1.807, 2.05) is 37.3 Å². The van der Waals surface area contributed by atoms with Crippen molar-refractivity contribution in [2.45, 2.75) is 38.8 Å². The van der Waals surface area contributed by atoms with Crippen molar-refractivity contribution in [3.8, 4) is 0 Å². The molecule has 0 saturated carbocycles. The Hall–Kier alpha value is -3.47. The number of anilines is 1. The van der Waals surface area contributed by atoms with Crippen LogP contribution in [0.25, 0.3) is 0 Å². The second-order valence-electron chi connectivity index (χ2n) is 9.77. The summed E-state index contributed by atoms with van der Waals surface area (Å²) in [5.41, 5.74) is 1.63. The number of rotatable bonds is 14. The highest BCUT2D eigenvalue weighted by molar-refractivity contribution is 7.90. The second-order valence-corrected chi connectivity index (χ2v) is 12.3. The predicted molar refractivity (Wildman–Crippen MR) is 160 cm³/mol. The van der Waals surface area contributed by atoms with Crippen LogP contribution in [0.2, 0.25) is 5.02 Å². The Morgan fingerprint density at radius 1 is 0.951 bits per heavy atom. The van der Waals surface area contributed by atoms with Gasteiger partial charge in [0.05, 0.1) is 5.69 Å². The van der Waals surface area contributed by atoms with Crippen molar-refractivity contribution in [3.05, 3.63) is 101 Å². The summed E-state index contributed by atoms with van der Waals surface area (Å²) >= 11 is 6.23. The van der Waals surface area contributed by atoms with Gasteiger partial charge >= 0.3 is 10.2 Å². The third-order valence-corrected chi connectivity index (χ3v) is 8.53. The summed E-state index contributed by atoms with van der Waals surface area (Å²) in [5, 5.41) is 3.40. The van der Waals surface area contributed by atoms with Crippen molar-refractivity contribution in [2.24, 2.45) is 0 Å². The van der Waals surface area contributed by atoms with Gasteiger partial charge in [-0.05, 0) is 53.9 Å². The van der Waals surface area contributed by atoms with Crippen molar-refractivity contribution < 1.29 is 22.4 Å². The molecule has 0 saturated heterocycles. The van der Waals surface area contributed by atoms with Crippen molar-refractivity contribution in [3.63, 3.8) is 0 Å². The summed E-state index contributed by atoms with van der Waals surface area (Å²) in [6.07, 6.45) is 1.86. The Bertz CT molecular complexity index is 1410. The van der Waals surface area contributed by atoms with Gasteiger partial charge in [-0.3, -0.25) is 9.59 Å². The van der Waals surface area contributed by atoms with E-state index in [0.717, 1.165) is 39.1 Å². The maximum Gasteiger partial charge on any atom is 0.304 e.